The average molecular weight is 576 g/mol. The predicted octanol–water partition coefficient (Wildman–Crippen LogP) is 6.78. The molecule has 0 heterocycles. The number of alkyl carbamates (subject to hydrolysis) is 1. The fourth-order valence-electron chi connectivity index (χ4n) is 4.14. The average Bonchev–Trinajstić information content (AvgIpc) is 2.87. The summed E-state index contributed by atoms with van der Waals surface area (Å²) >= 11 is 8.00. The molecule has 0 spiro atoms. The molecule has 2 N–H and O–H groups in total. The van der Waals surface area contributed by atoms with Crippen LogP contribution in [0.15, 0.2) is 42.5 Å². The lowest BCUT2D eigenvalue weighted by molar-refractivity contribution is -0.140. The van der Waals surface area contributed by atoms with Gasteiger partial charge in [0.05, 0.1) is 10.7 Å². The molecule has 0 aromatic heterocycles. The summed E-state index contributed by atoms with van der Waals surface area (Å²) in [5, 5.41) is 6.15. The lowest BCUT2D eigenvalue weighted by Crippen LogP contribution is -2.52. The van der Waals surface area contributed by atoms with E-state index < -0.39 is 23.8 Å². The summed E-state index contributed by atoms with van der Waals surface area (Å²) in [6.07, 6.45) is 3.14. The molecule has 0 aliphatic carbocycles. The molecule has 7 nitrogen and oxygen atoms in total. The number of ether oxygens (including phenoxy) is 1. The Morgan fingerprint density at radius 1 is 1.08 bits per heavy atom. The van der Waals surface area contributed by atoms with Crippen molar-refractivity contribution in [3.8, 4) is 0 Å². The summed E-state index contributed by atoms with van der Waals surface area (Å²) in [4.78, 5) is 42.3. The third-order valence-electron chi connectivity index (χ3n) is 6.08. The van der Waals surface area contributed by atoms with E-state index >= 15 is 0 Å². The van der Waals surface area contributed by atoms with Crippen molar-refractivity contribution in [3.63, 3.8) is 0 Å². The highest BCUT2D eigenvalue weighted by Gasteiger charge is 2.36. The highest BCUT2D eigenvalue weighted by molar-refractivity contribution is 7.98. The Morgan fingerprint density at radius 2 is 1.74 bits per heavy atom. The van der Waals surface area contributed by atoms with E-state index in [1.807, 2.05) is 56.5 Å². The lowest BCUT2D eigenvalue weighted by atomic mass is 9.99. The molecule has 2 atom stereocenters. The molecule has 0 aliphatic rings. The van der Waals surface area contributed by atoms with Gasteiger partial charge in [-0.3, -0.25) is 9.59 Å². The second-order valence-electron chi connectivity index (χ2n) is 10.4. The second-order valence-corrected chi connectivity index (χ2v) is 11.8. The number of nitrogens with zero attached hydrogens (tertiary/aromatic N) is 1. The normalized spacial score (nSPS) is 12.8. The highest BCUT2D eigenvalue weighted by atomic mass is 35.5. The first-order chi connectivity index (χ1) is 18.4. The van der Waals surface area contributed by atoms with Crippen molar-refractivity contribution in [2.24, 2.45) is 0 Å². The molecule has 39 heavy (non-hydrogen) atoms. The summed E-state index contributed by atoms with van der Waals surface area (Å²) in [6.45, 7) is 11.5. The Morgan fingerprint density at radius 3 is 2.28 bits per heavy atom. The lowest BCUT2D eigenvalue weighted by Gasteiger charge is -2.34. The SMILES string of the molecule is CCCN(C(=O)C(CCSC)NC(=O)OC(C)(C)C)C(C(=O)Nc1c(C)cccc1Cl)c1ccc(CC)cc1. The summed E-state index contributed by atoms with van der Waals surface area (Å²) in [5.74, 6) is -0.0713. The van der Waals surface area contributed by atoms with Crippen molar-refractivity contribution in [3.05, 3.63) is 64.2 Å². The van der Waals surface area contributed by atoms with Crippen molar-refractivity contribution in [2.75, 3.05) is 23.9 Å². The molecule has 0 saturated carbocycles. The van der Waals surface area contributed by atoms with Gasteiger partial charge in [-0.25, -0.2) is 4.79 Å². The summed E-state index contributed by atoms with van der Waals surface area (Å²) in [5.41, 5.74) is 2.41. The van der Waals surface area contributed by atoms with Crippen LogP contribution < -0.4 is 10.6 Å². The minimum absolute atomic E-state index is 0.319. The molecular formula is C30H42ClN3O4S. The quantitative estimate of drug-likeness (QED) is 0.291. The predicted molar refractivity (Wildman–Crippen MR) is 162 cm³/mol. The van der Waals surface area contributed by atoms with E-state index in [4.69, 9.17) is 16.3 Å². The Kier molecular flexibility index (Phi) is 12.6. The first kappa shape index (κ1) is 32.5. The van der Waals surface area contributed by atoms with Gasteiger partial charge >= 0.3 is 6.09 Å². The number of para-hydroxylation sites is 1. The molecule has 2 rings (SSSR count). The number of anilines is 1. The molecule has 0 radical (unpaired) electrons. The van der Waals surface area contributed by atoms with Crippen LogP contribution >= 0.6 is 23.4 Å². The molecule has 214 valence electrons. The molecule has 3 amide bonds. The summed E-state index contributed by atoms with van der Waals surface area (Å²) in [7, 11) is 0. The third-order valence-corrected chi connectivity index (χ3v) is 7.04. The summed E-state index contributed by atoms with van der Waals surface area (Å²) < 4.78 is 5.44. The number of hydrogen-bond donors (Lipinski definition) is 2. The van der Waals surface area contributed by atoms with Gasteiger partial charge < -0.3 is 20.3 Å². The highest BCUT2D eigenvalue weighted by Crippen LogP contribution is 2.30. The third kappa shape index (κ3) is 9.76. The number of carbonyl (C=O) groups is 3. The van der Waals surface area contributed by atoms with Gasteiger partial charge in [0.2, 0.25) is 5.91 Å². The number of nitrogens with one attached hydrogen (secondary N) is 2. The maximum absolute atomic E-state index is 14.1. The van der Waals surface area contributed by atoms with E-state index in [1.54, 1.807) is 43.5 Å². The van der Waals surface area contributed by atoms with Gasteiger partial charge in [0, 0.05) is 6.54 Å². The van der Waals surface area contributed by atoms with Gasteiger partial charge in [-0.05, 0) is 81.7 Å². The van der Waals surface area contributed by atoms with Crippen LogP contribution in [0.5, 0.6) is 0 Å². The van der Waals surface area contributed by atoms with Crippen LogP contribution in [0.4, 0.5) is 10.5 Å². The molecule has 0 fully saturated rings. The van der Waals surface area contributed by atoms with Crippen LogP contribution in [0.2, 0.25) is 5.02 Å². The Labute approximate surface area is 242 Å². The van der Waals surface area contributed by atoms with Gasteiger partial charge in [-0.15, -0.1) is 0 Å². The molecule has 9 heteroatoms. The van der Waals surface area contributed by atoms with Crippen molar-refractivity contribution < 1.29 is 19.1 Å². The monoisotopic (exact) mass is 575 g/mol. The van der Waals surface area contributed by atoms with Gasteiger partial charge in [-0.2, -0.15) is 11.8 Å². The zero-order valence-corrected chi connectivity index (χ0v) is 25.7. The van der Waals surface area contributed by atoms with Crippen LogP contribution in [0.25, 0.3) is 0 Å². The minimum atomic E-state index is -0.934. The maximum Gasteiger partial charge on any atom is 0.408 e. The van der Waals surface area contributed by atoms with E-state index in [0.717, 1.165) is 17.5 Å². The van der Waals surface area contributed by atoms with Crippen LogP contribution in [0, 0.1) is 6.92 Å². The van der Waals surface area contributed by atoms with Crippen LogP contribution in [-0.2, 0) is 20.7 Å². The number of benzene rings is 2. The Balaban J connectivity index is 2.53. The first-order valence-corrected chi connectivity index (χ1v) is 15.1. The fraction of sp³-hybridized carbons (Fsp3) is 0.500. The van der Waals surface area contributed by atoms with E-state index in [9.17, 15) is 14.4 Å². The molecule has 2 aromatic rings. The van der Waals surface area contributed by atoms with Crippen molar-refractivity contribution in [1.82, 2.24) is 10.2 Å². The standard InChI is InChI=1S/C30H42ClN3O4S/c1-8-18-34(28(36)24(17-19-39-7)32-29(37)38-30(4,5)6)26(22-15-13-21(9-2)14-16-22)27(35)33-25-20(3)11-10-12-23(25)31/h10-16,24,26H,8-9,17-19H2,1-7H3,(H,32,37)(H,33,35). The molecule has 0 bridgehead atoms. The van der Waals surface area contributed by atoms with Gasteiger partial charge in [0.25, 0.3) is 5.91 Å². The van der Waals surface area contributed by atoms with E-state index in [1.165, 1.54) is 0 Å². The summed E-state index contributed by atoms with van der Waals surface area (Å²) in [6, 6.07) is 11.3. The molecular weight excluding hydrogens is 534 g/mol. The Bertz CT molecular complexity index is 1100. The van der Waals surface area contributed by atoms with Crippen molar-refractivity contribution in [2.45, 2.75) is 78.5 Å². The largest absolute Gasteiger partial charge is 0.444 e. The zero-order valence-electron chi connectivity index (χ0n) is 24.1. The minimum Gasteiger partial charge on any atom is -0.444 e. The number of carbonyl (C=O) groups excluding carboxylic acids is 3. The van der Waals surface area contributed by atoms with E-state index in [-0.39, 0.29) is 11.8 Å². The Hall–Kier alpha value is -2.71. The molecule has 2 unspecified atom stereocenters. The van der Waals surface area contributed by atoms with Crippen LogP contribution in [-0.4, -0.2) is 53.0 Å². The van der Waals surface area contributed by atoms with Crippen molar-refractivity contribution in [1.29, 1.82) is 0 Å². The fourth-order valence-corrected chi connectivity index (χ4v) is 4.88. The number of aryl methyl sites for hydroxylation is 2. The topological polar surface area (TPSA) is 87.7 Å². The molecule has 0 saturated heterocycles. The van der Waals surface area contributed by atoms with Crippen molar-refractivity contribution >= 4 is 47.0 Å². The zero-order chi connectivity index (χ0) is 29.2. The van der Waals surface area contributed by atoms with Gasteiger partial charge in [0.15, 0.2) is 0 Å². The smallest absolute Gasteiger partial charge is 0.408 e. The van der Waals surface area contributed by atoms with Gasteiger partial charge in [-0.1, -0.05) is 61.8 Å². The molecule has 0 aliphatic heterocycles. The maximum atomic E-state index is 14.1. The first-order valence-electron chi connectivity index (χ1n) is 13.4. The number of rotatable bonds is 12. The number of hydrogen-bond acceptors (Lipinski definition) is 5. The van der Waals surface area contributed by atoms with Crippen LogP contribution in [0.3, 0.4) is 0 Å². The van der Waals surface area contributed by atoms with Crippen LogP contribution in [0.1, 0.15) is 70.2 Å². The van der Waals surface area contributed by atoms with E-state index in [0.29, 0.717) is 41.4 Å². The van der Waals surface area contributed by atoms with Gasteiger partial charge in [0.1, 0.15) is 17.7 Å². The van der Waals surface area contributed by atoms with E-state index in [2.05, 4.69) is 17.6 Å². The number of halogens is 1. The molecule has 2 aromatic carbocycles. The number of thioether (sulfide) groups is 1. The second kappa shape index (κ2) is 15.2. The number of amides is 3.